The summed E-state index contributed by atoms with van der Waals surface area (Å²) >= 11 is 3.11. The monoisotopic (exact) mass is 336 g/mol. The van der Waals surface area contributed by atoms with E-state index >= 15 is 0 Å². The molecule has 0 bridgehead atoms. The molecule has 1 atom stereocenters. The molecule has 22 heavy (non-hydrogen) atoms. The molecule has 0 saturated carbocycles. The van der Waals surface area contributed by atoms with E-state index in [1.165, 1.54) is 18.2 Å². The number of carbonyl (C=O) groups is 1. The molecule has 0 spiro atoms. The van der Waals surface area contributed by atoms with E-state index in [1.54, 1.807) is 11.3 Å². The van der Waals surface area contributed by atoms with Crippen LogP contribution in [0.25, 0.3) is 10.7 Å². The van der Waals surface area contributed by atoms with Gasteiger partial charge in [-0.1, -0.05) is 24.8 Å². The summed E-state index contributed by atoms with van der Waals surface area (Å²) in [5.41, 5.74) is 0. The van der Waals surface area contributed by atoms with Gasteiger partial charge in [0.05, 0.1) is 10.6 Å². The fourth-order valence-electron chi connectivity index (χ4n) is 2.69. The predicted molar refractivity (Wildman–Crippen MR) is 90.0 cm³/mol. The third-order valence-corrected chi connectivity index (χ3v) is 5.78. The summed E-state index contributed by atoms with van der Waals surface area (Å²) in [6.45, 7) is 3.99. The zero-order valence-corrected chi connectivity index (χ0v) is 14.5. The van der Waals surface area contributed by atoms with Gasteiger partial charge in [-0.15, -0.1) is 21.5 Å². The summed E-state index contributed by atoms with van der Waals surface area (Å²) in [5, 5.41) is 11.3. The van der Waals surface area contributed by atoms with Crippen LogP contribution in [-0.2, 0) is 11.8 Å². The number of thiophene rings is 1. The summed E-state index contributed by atoms with van der Waals surface area (Å²) in [6, 6.07) is 4.03. The van der Waals surface area contributed by atoms with Crippen molar-refractivity contribution in [2.24, 2.45) is 13.0 Å². The molecule has 0 radical (unpaired) electrons. The minimum Gasteiger partial charge on any atom is -0.342 e. The number of rotatable bonds is 4. The lowest BCUT2D eigenvalue weighted by Crippen LogP contribution is -2.40. The number of likely N-dealkylation sites (tertiary alicyclic amines) is 1. The van der Waals surface area contributed by atoms with Crippen LogP contribution < -0.4 is 0 Å². The van der Waals surface area contributed by atoms with E-state index in [4.69, 9.17) is 0 Å². The molecule has 1 aliphatic rings. The van der Waals surface area contributed by atoms with Crippen molar-refractivity contribution < 1.29 is 4.79 Å². The highest BCUT2D eigenvalue weighted by Crippen LogP contribution is 2.26. The molecular weight excluding hydrogens is 316 g/mol. The van der Waals surface area contributed by atoms with Gasteiger partial charge in [0.1, 0.15) is 0 Å². The van der Waals surface area contributed by atoms with Crippen LogP contribution in [0.4, 0.5) is 0 Å². The van der Waals surface area contributed by atoms with Crippen LogP contribution in [0.5, 0.6) is 0 Å². The van der Waals surface area contributed by atoms with Gasteiger partial charge in [0.2, 0.25) is 5.91 Å². The van der Waals surface area contributed by atoms with Crippen molar-refractivity contribution in [2.75, 3.05) is 18.8 Å². The van der Waals surface area contributed by atoms with E-state index in [9.17, 15) is 4.79 Å². The van der Waals surface area contributed by atoms with Crippen molar-refractivity contribution >= 4 is 29.0 Å². The van der Waals surface area contributed by atoms with Crippen LogP contribution in [0, 0.1) is 5.92 Å². The van der Waals surface area contributed by atoms with E-state index in [1.807, 2.05) is 34.0 Å². The Hall–Kier alpha value is -1.34. The van der Waals surface area contributed by atoms with Crippen LogP contribution in [0.15, 0.2) is 22.7 Å². The Bertz CT molecular complexity index is 638. The molecule has 1 saturated heterocycles. The molecule has 1 fully saturated rings. The minimum absolute atomic E-state index is 0.206. The van der Waals surface area contributed by atoms with Gasteiger partial charge in [-0.25, -0.2) is 0 Å². The van der Waals surface area contributed by atoms with E-state index in [2.05, 4.69) is 17.1 Å². The zero-order valence-electron chi connectivity index (χ0n) is 12.9. The highest BCUT2D eigenvalue weighted by Gasteiger charge is 2.21. The van der Waals surface area contributed by atoms with Gasteiger partial charge in [0, 0.05) is 20.1 Å². The first-order valence-electron chi connectivity index (χ1n) is 7.49. The molecule has 2 aromatic rings. The molecule has 5 nitrogen and oxygen atoms in total. The molecule has 3 rings (SSSR count). The maximum absolute atomic E-state index is 12.3. The molecule has 118 valence electrons. The number of amides is 1. The first-order valence-corrected chi connectivity index (χ1v) is 9.35. The third-order valence-electron chi connectivity index (χ3n) is 3.91. The van der Waals surface area contributed by atoms with E-state index in [0.717, 1.165) is 35.4 Å². The second kappa shape index (κ2) is 6.83. The predicted octanol–water partition coefficient (Wildman–Crippen LogP) is 2.89. The van der Waals surface area contributed by atoms with Crippen molar-refractivity contribution in [3.8, 4) is 10.7 Å². The van der Waals surface area contributed by atoms with Gasteiger partial charge in [-0.05, 0) is 30.2 Å². The molecule has 1 aliphatic heterocycles. The van der Waals surface area contributed by atoms with Gasteiger partial charge >= 0.3 is 0 Å². The Kier molecular flexibility index (Phi) is 4.83. The van der Waals surface area contributed by atoms with Crippen LogP contribution in [0.3, 0.4) is 0 Å². The van der Waals surface area contributed by atoms with Crippen LogP contribution >= 0.6 is 23.1 Å². The average molecular weight is 336 g/mol. The maximum atomic E-state index is 12.3. The van der Waals surface area contributed by atoms with Crippen LogP contribution in [0.2, 0.25) is 0 Å². The first kappa shape index (κ1) is 15.6. The quantitative estimate of drug-likeness (QED) is 0.806. The standard InChI is InChI=1S/C15H20N4OS2/c1-11-5-3-7-19(9-11)13(20)10-22-15-17-16-14(18(15)2)12-6-4-8-21-12/h4,6,8,11H,3,5,7,9-10H2,1-2H3/t11-/m1/s1. The largest absolute Gasteiger partial charge is 0.342 e. The normalized spacial score (nSPS) is 18.6. The van der Waals surface area contributed by atoms with Gasteiger partial charge in [-0.2, -0.15) is 0 Å². The van der Waals surface area contributed by atoms with Gasteiger partial charge in [0.15, 0.2) is 11.0 Å². The van der Waals surface area contributed by atoms with Crippen molar-refractivity contribution in [1.82, 2.24) is 19.7 Å². The summed E-state index contributed by atoms with van der Waals surface area (Å²) < 4.78 is 1.96. The Morgan fingerprint density at radius 1 is 1.50 bits per heavy atom. The zero-order chi connectivity index (χ0) is 15.5. The van der Waals surface area contributed by atoms with Crippen LogP contribution in [-0.4, -0.2) is 44.4 Å². The molecular formula is C15H20N4OS2. The highest BCUT2D eigenvalue weighted by molar-refractivity contribution is 7.99. The average Bonchev–Trinajstić information content (AvgIpc) is 3.14. The van der Waals surface area contributed by atoms with Crippen molar-refractivity contribution in [3.63, 3.8) is 0 Å². The Morgan fingerprint density at radius 2 is 2.36 bits per heavy atom. The molecule has 0 unspecified atom stereocenters. The van der Waals surface area contributed by atoms with Gasteiger partial charge in [0.25, 0.3) is 0 Å². The van der Waals surface area contributed by atoms with E-state index in [0.29, 0.717) is 11.7 Å². The first-order chi connectivity index (χ1) is 10.6. The lowest BCUT2D eigenvalue weighted by atomic mass is 10.0. The second-order valence-corrected chi connectivity index (χ2v) is 7.61. The molecule has 2 aromatic heterocycles. The highest BCUT2D eigenvalue weighted by atomic mass is 32.2. The number of piperidine rings is 1. The number of carbonyl (C=O) groups excluding carboxylic acids is 1. The number of nitrogens with zero attached hydrogens (tertiary/aromatic N) is 4. The number of thioether (sulfide) groups is 1. The lowest BCUT2D eigenvalue weighted by Gasteiger charge is -2.30. The molecule has 1 amide bonds. The van der Waals surface area contributed by atoms with Crippen molar-refractivity contribution in [1.29, 1.82) is 0 Å². The number of aromatic nitrogens is 3. The summed E-state index contributed by atoms with van der Waals surface area (Å²) in [5.74, 6) is 2.11. The molecule has 3 heterocycles. The topological polar surface area (TPSA) is 51.0 Å². The Balaban J connectivity index is 1.61. The molecule has 0 aliphatic carbocycles. The maximum Gasteiger partial charge on any atom is 0.233 e. The fourth-order valence-corrected chi connectivity index (χ4v) is 4.25. The lowest BCUT2D eigenvalue weighted by molar-refractivity contribution is -0.130. The van der Waals surface area contributed by atoms with Crippen molar-refractivity contribution in [3.05, 3.63) is 17.5 Å². The number of hydrogen-bond acceptors (Lipinski definition) is 5. The summed E-state index contributed by atoms with van der Waals surface area (Å²) in [6.07, 6.45) is 2.34. The Morgan fingerprint density at radius 3 is 3.09 bits per heavy atom. The van der Waals surface area contributed by atoms with E-state index < -0.39 is 0 Å². The summed E-state index contributed by atoms with van der Waals surface area (Å²) in [4.78, 5) is 15.4. The van der Waals surface area contributed by atoms with Gasteiger partial charge < -0.3 is 9.47 Å². The Labute approximate surface area is 138 Å². The molecule has 7 heteroatoms. The fraction of sp³-hybridized carbons (Fsp3) is 0.533. The van der Waals surface area contributed by atoms with Crippen LogP contribution in [0.1, 0.15) is 19.8 Å². The molecule has 0 aromatic carbocycles. The van der Waals surface area contributed by atoms with Crippen molar-refractivity contribution in [2.45, 2.75) is 24.9 Å². The smallest absolute Gasteiger partial charge is 0.233 e. The van der Waals surface area contributed by atoms with E-state index in [-0.39, 0.29) is 5.91 Å². The minimum atomic E-state index is 0.206. The molecule has 0 N–H and O–H groups in total. The third kappa shape index (κ3) is 3.35. The van der Waals surface area contributed by atoms with Gasteiger partial charge in [-0.3, -0.25) is 4.79 Å². The second-order valence-electron chi connectivity index (χ2n) is 5.72. The number of hydrogen-bond donors (Lipinski definition) is 0. The SMILES string of the molecule is C[C@@H]1CCCN(C(=O)CSc2nnc(-c3cccs3)n2C)C1. The summed E-state index contributed by atoms with van der Waals surface area (Å²) in [7, 11) is 1.95.